The summed E-state index contributed by atoms with van der Waals surface area (Å²) in [5.41, 5.74) is 0.974. The Morgan fingerprint density at radius 1 is 1.50 bits per heavy atom. The standard InChI is InChI=1S/C13H15FOS/c1-3-9-10(7-12(9)15)8-4-5-13(16-2)11(14)6-8/h4-6,9-10H,3,7H2,1-2H3. The number of ketones is 1. The van der Waals surface area contributed by atoms with Gasteiger partial charge in [-0.2, -0.15) is 0 Å². The van der Waals surface area contributed by atoms with E-state index >= 15 is 0 Å². The highest BCUT2D eigenvalue weighted by molar-refractivity contribution is 7.98. The zero-order chi connectivity index (χ0) is 11.7. The first-order chi connectivity index (χ1) is 7.67. The van der Waals surface area contributed by atoms with Gasteiger partial charge in [0.15, 0.2) is 0 Å². The number of carbonyl (C=O) groups is 1. The van der Waals surface area contributed by atoms with Crippen LogP contribution in [0.25, 0.3) is 0 Å². The van der Waals surface area contributed by atoms with Crippen LogP contribution in [-0.2, 0) is 4.79 Å². The molecule has 0 spiro atoms. The van der Waals surface area contributed by atoms with Gasteiger partial charge in [0, 0.05) is 23.2 Å². The van der Waals surface area contributed by atoms with E-state index in [9.17, 15) is 9.18 Å². The third kappa shape index (κ3) is 1.88. The van der Waals surface area contributed by atoms with Crippen LogP contribution in [0, 0.1) is 11.7 Å². The molecule has 1 fully saturated rings. The van der Waals surface area contributed by atoms with Crippen molar-refractivity contribution >= 4 is 17.5 Å². The number of carbonyl (C=O) groups excluding carboxylic acids is 1. The normalized spacial score (nSPS) is 24.3. The third-order valence-corrected chi connectivity index (χ3v) is 4.14. The van der Waals surface area contributed by atoms with Crippen LogP contribution in [0.5, 0.6) is 0 Å². The summed E-state index contributed by atoms with van der Waals surface area (Å²) < 4.78 is 13.6. The van der Waals surface area contributed by atoms with Crippen LogP contribution < -0.4 is 0 Å². The summed E-state index contributed by atoms with van der Waals surface area (Å²) in [6, 6.07) is 5.35. The van der Waals surface area contributed by atoms with E-state index in [1.165, 1.54) is 11.8 Å². The minimum absolute atomic E-state index is 0.111. The molecular formula is C13H15FOS. The van der Waals surface area contributed by atoms with Crippen LogP contribution in [0.2, 0.25) is 0 Å². The molecule has 0 saturated heterocycles. The van der Waals surface area contributed by atoms with E-state index in [0.717, 1.165) is 12.0 Å². The molecule has 1 aromatic rings. The van der Waals surface area contributed by atoms with Gasteiger partial charge < -0.3 is 0 Å². The maximum atomic E-state index is 13.6. The van der Waals surface area contributed by atoms with Gasteiger partial charge in [0.1, 0.15) is 11.6 Å². The average Bonchev–Trinajstić information content (AvgIpc) is 2.26. The number of halogens is 1. The molecule has 1 aromatic carbocycles. The largest absolute Gasteiger partial charge is 0.299 e. The molecule has 0 aliphatic heterocycles. The summed E-state index contributed by atoms with van der Waals surface area (Å²) in [4.78, 5) is 12.0. The van der Waals surface area contributed by atoms with Crippen molar-refractivity contribution in [3.05, 3.63) is 29.6 Å². The SMILES string of the molecule is CCC1C(=O)CC1c1ccc(SC)c(F)c1. The summed E-state index contributed by atoms with van der Waals surface area (Å²) in [6.45, 7) is 2.02. The Kier molecular flexibility index (Phi) is 3.33. The molecule has 0 bridgehead atoms. The maximum absolute atomic E-state index is 13.6. The highest BCUT2D eigenvalue weighted by Gasteiger charge is 2.39. The van der Waals surface area contributed by atoms with Crippen molar-refractivity contribution in [3.63, 3.8) is 0 Å². The Hall–Kier alpha value is -0.830. The molecule has 1 saturated carbocycles. The van der Waals surface area contributed by atoms with Crippen LogP contribution in [0.1, 0.15) is 31.2 Å². The van der Waals surface area contributed by atoms with Gasteiger partial charge >= 0.3 is 0 Å². The van der Waals surface area contributed by atoms with E-state index in [1.807, 2.05) is 25.3 Å². The van der Waals surface area contributed by atoms with Crippen molar-refractivity contribution in [2.75, 3.05) is 6.26 Å². The van der Waals surface area contributed by atoms with Crippen LogP contribution in [0.4, 0.5) is 4.39 Å². The first kappa shape index (κ1) is 11.6. The molecule has 2 atom stereocenters. The maximum Gasteiger partial charge on any atom is 0.137 e. The van der Waals surface area contributed by atoms with Crippen molar-refractivity contribution in [2.45, 2.75) is 30.6 Å². The van der Waals surface area contributed by atoms with Crippen LogP contribution in [0.15, 0.2) is 23.1 Å². The number of rotatable bonds is 3. The molecule has 2 unspecified atom stereocenters. The zero-order valence-electron chi connectivity index (χ0n) is 9.50. The molecule has 1 aliphatic rings. The Labute approximate surface area is 99.4 Å². The first-order valence-electron chi connectivity index (χ1n) is 5.53. The summed E-state index contributed by atoms with van der Waals surface area (Å²) in [5, 5.41) is 0. The van der Waals surface area contributed by atoms with E-state index in [4.69, 9.17) is 0 Å². The van der Waals surface area contributed by atoms with Crippen LogP contribution in [0.3, 0.4) is 0 Å². The summed E-state index contributed by atoms with van der Waals surface area (Å²) in [7, 11) is 0. The predicted molar refractivity (Wildman–Crippen MR) is 64.3 cm³/mol. The molecule has 0 heterocycles. The summed E-state index contributed by atoms with van der Waals surface area (Å²) in [6.07, 6.45) is 3.30. The van der Waals surface area contributed by atoms with Crippen molar-refractivity contribution in [2.24, 2.45) is 5.92 Å². The van der Waals surface area contributed by atoms with Crippen molar-refractivity contribution in [3.8, 4) is 0 Å². The van der Waals surface area contributed by atoms with E-state index in [0.29, 0.717) is 17.1 Å². The van der Waals surface area contributed by atoms with Gasteiger partial charge in [-0.1, -0.05) is 13.0 Å². The van der Waals surface area contributed by atoms with E-state index in [2.05, 4.69) is 0 Å². The topological polar surface area (TPSA) is 17.1 Å². The van der Waals surface area contributed by atoms with Gasteiger partial charge in [-0.15, -0.1) is 11.8 Å². The molecule has 16 heavy (non-hydrogen) atoms. The lowest BCUT2D eigenvalue weighted by Crippen LogP contribution is -2.34. The fraction of sp³-hybridized carbons (Fsp3) is 0.462. The highest BCUT2D eigenvalue weighted by atomic mass is 32.2. The van der Waals surface area contributed by atoms with Gasteiger partial charge in [-0.3, -0.25) is 4.79 Å². The second-order valence-corrected chi connectivity index (χ2v) is 5.03. The predicted octanol–water partition coefficient (Wildman–Crippen LogP) is 3.63. The molecule has 1 nitrogen and oxygen atoms in total. The van der Waals surface area contributed by atoms with Gasteiger partial charge in [0.25, 0.3) is 0 Å². The van der Waals surface area contributed by atoms with Crippen molar-refractivity contribution in [1.29, 1.82) is 0 Å². The first-order valence-corrected chi connectivity index (χ1v) is 6.76. The van der Waals surface area contributed by atoms with Crippen molar-refractivity contribution < 1.29 is 9.18 Å². The lowest BCUT2D eigenvalue weighted by atomic mass is 9.68. The smallest absolute Gasteiger partial charge is 0.137 e. The van der Waals surface area contributed by atoms with Crippen LogP contribution in [-0.4, -0.2) is 12.0 Å². The molecule has 0 radical (unpaired) electrons. The lowest BCUT2D eigenvalue weighted by Gasteiger charge is -2.34. The highest BCUT2D eigenvalue weighted by Crippen LogP contribution is 2.42. The molecule has 86 valence electrons. The Bertz CT molecular complexity index is 416. The second-order valence-electron chi connectivity index (χ2n) is 4.19. The molecule has 0 aromatic heterocycles. The fourth-order valence-electron chi connectivity index (χ4n) is 2.35. The number of hydrogen-bond acceptors (Lipinski definition) is 2. The number of Topliss-reactive ketones (excluding diaryl/α,β-unsaturated/α-hetero) is 1. The number of hydrogen-bond donors (Lipinski definition) is 0. The Balaban J connectivity index is 2.22. The van der Waals surface area contributed by atoms with Crippen LogP contribution >= 0.6 is 11.8 Å². The number of thioether (sulfide) groups is 1. The minimum atomic E-state index is -0.167. The average molecular weight is 238 g/mol. The molecule has 0 N–H and O–H groups in total. The molecule has 3 heteroatoms. The fourth-order valence-corrected chi connectivity index (χ4v) is 2.81. The van der Waals surface area contributed by atoms with Gasteiger partial charge in [0.2, 0.25) is 0 Å². The van der Waals surface area contributed by atoms with Gasteiger partial charge in [-0.05, 0) is 30.4 Å². The molecule has 1 aliphatic carbocycles. The van der Waals surface area contributed by atoms with Gasteiger partial charge in [0.05, 0.1) is 0 Å². The van der Waals surface area contributed by atoms with Gasteiger partial charge in [-0.25, -0.2) is 4.39 Å². The minimum Gasteiger partial charge on any atom is -0.299 e. The Morgan fingerprint density at radius 2 is 2.25 bits per heavy atom. The molecular weight excluding hydrogens is 223 g/mol. The zero-order valence-corrected chi connectivity index (χ0v) is 10.3. The lowest BCUT2D eigenvalue weighted by molar-refractivity contribution is -0.131. The van der Waals surface area contributed by atoms with E-state index in [-0.39, 0.29) is 17.7 Å². The third-order valence-electron chi connectivity index (χ3n) is 3.36. The van der Waals surface area contributed by atoms with E-state index in [1.54, 1.807) is 6.07 Å². The quantitative estimate of drug-likeness (QED) is 0.748. The van der Waals surface area contributed by atoms with E-state index < -0.39 is 0 Å². The summed E-state index contributed by atoms with van der Waals surface area (Å²) in [5.74, 6) is 0.503. The van der Waals surface area contributed by atoms with Crippen molar-refractivity contribution in [1.82, 2.24) is 0 Å². The monoisotopic (exact) mass is 238 g/mol. The summed E-state index contributed by atoms with van der Waals surface area (Å²) >= 11 is 1.41. The Morgan fingerprint density at radius 3 is 2.75 bits per heavy atom. The number of benzene rings is 1. The molecule has 0 amide bonds. The second kappa shape index (κ2) is 4.58. The molecule has 2 rings (SSSR count).